The number of nitrogens with zero attached hydrogens (tertiary/aromatic N) is 3. The van der Waals surface area contributed by atoms with Crippen molar-refractivity contribution in [1.82, 2.24) is 25.2 Å². The molecule has 0 aliphatic heterocycles. The predicted molar refractivity (Wildman–Crippen MR) is 128 cm³/mol. The zero-order valence-electron chi connectivity index (χ0n) is 19.9. The number of halogens is 2. The SMILES string of the molecule is COC(=O)c1ccc2c(c1)C[C@@H](O)[C@@H]2NC(=O)c1cc(C(=O)NCc2ccc(F)cc2)nc2c(F)cnn12. The van der Waals surface area contributed by atoms with Gasteiger partial charge in [0, 0.05) is 19.0 Å². The van der Waals surface area contributed by atoms with Gasteiger partial charge in [0.1, 0.15) is 17.2 Å². The van der Waals surface area contributed by atoms with Gasteiger partial charge in [0.25, 0.3) is 11.8 Å². The van der Waals surface area contributed by atoms with E-state index in [-0.39, 0.29) is 30.0 Å². The van der Waals surface area contributed by atoms with E-state index >= 15 is 0 Å². The van der Waals surface area contributed by atoms with E-state index < -0.39 is 41.6 Å². The molecule has 2 atom stereocenters. The van der Waals surface area contributed by atoms with E-state index in [1.54, 1.807) is 12.1 Å². The number of hydrogen-bond donors (Lipinski definition) is 3. The lowest BCUT2D eigenvalue weighted by atomic mass is 10.0. The van der Waals surface area contributed by atoms with Crippen LogP contribution in [0.25, 0.3) is 5.65 Å². The molecule has 2 heterocycles. The van der Waals surface area contributed by atoms with Crippen molar-refractivity contribution in [2.75, 3.05) is 7.11 Å². The number of aliphatic hydroxyl groups is 1. The first-order chi connectivity index (χ1) is 18.2. The molecule has 0 radical (unpaired) electrons. The smallest absolute Gasteiger partial charge is 0.337 e. The van der Waals surface area contributed by atoms with Crippen molar-refractivity contribution in [1.29, 1.82) is 0 Å². The molecule has 12 heteroatoms. The van der Waals surface area contributed by atoms with E-state index in [9.17, 15) is 28.3 Å². The van der Waals surface area contributed by atoms with E-state index in [0.717, 1.165) is 16.8 Å². The van der Waals surface area contributed by atoms with Crippen LogP contribution in [0, 0.1) is 11.6 Å². The highest BCUT2D eigenvalue weighted by molar-refractivity contribution is 5.98. The average molecular weight is 521 g/mol. The van der Waals surface area contributed by atoms with Crippen LogP contribution in [-0.4, -0.2) is 50.7 Å². The molecule has 2 amide bonds. The molecule has 0 unspecified atom stereocenters. The summed E-state index contributed by atoms with van der Waals surface area (Å²) in [5, 5.41) is 19.8. The molecule has 5 rings (SSSR count). The molecule has 38 heavy (non-hydrogen) atoms. The van der Waals surface area contributed by atoms with Gasteiger partial charge in [0.15, 0.2) is 11.5 Å². The Bertz CT molecular complexity index is 1570. The number of methoxy groups -OCH3 is 1. The quantitative estimate of drug-likeness (QED) is 0.331. The maximum absolute atomic E-state index is 14.4. The Labute approximate surface area is 214 Å². The summed E-state index contributed by atoms with van der Waals surface area (Å²) in [6, 6.07) is 10.6. The van der Waals surface area contributed by atoms with Gasteiger partial charge >= 0.3 is 5.97 Å². The van der Waals surface area contributed by atoms with Gasteiger partial charge in [-0.05, 0) is 41.0 Å². The molecule has 2 aromatic heterocycles. The number of fused-ring (bicyclic) bond motifs is 2. The summed E-state index contributed by atoms with van der Waals surface area (Å²) in [6.07, 6.45) is 0.0597. The Morgan fingerprint density at radius 2 is 1.87 bits per heavy atom. The number of carbonyl (C=O) groups is 3. The second-order valence-corrected chi connectivity index (χ2v) is 8.69. The molecule has 1 aliphatic rings. The summed E-state index contributed by atoms with van der Waals surface area (Å²) in [4.78, 5) is 42.0. The third kappa shape index (κ3) is 4.68. The summed E-state index contributed by atoms with van der Waals surface area (Å²) in [5.74, 6) is -3.21. The zero-order chi connectivity index (χ0) is 27.0. The highest BCUT2D eigenvalue weighted by atomic mass is 19.1. The van der Waals surface area contributed by atoms with Gasteiger partial charge in [-0.3, -0.25) is 9.59 Å². The van der Waals surface area contributed by atoms with E-state index in [2.05, 4.69) is 20.7 Å². The largest absolute Gasteiger partial charge is 0.465 e. The van der Waals surface area contributed by atoms with Crippen LogP contribution in [0.2, 0.25) is 0 Å². The van der Waals surface area contributed by atoms with Crippen LogP contribution in [0.1, 0.15) is 54.1 Å². The molecular formula is C26H21F2N5O5. The van der Waals surface area contributed by atoms with Crippen LogP contribution in [0.5, 0.6) is 0 Å². The van der Waals surface area contributed by atoms with Crippen LogP contribution >= 0.6 is 0 Å². The molecule has 0 saturated carbocycles. The third-order valence-corrected chi connectivity index (χ3v) is 6.26. The predicted octanol–water partition coefficient (Wildman–Crippen LogP) is 2.11. The van der Waals surface area contributed by atoms with Crippen LogP contribution in [0.3, 0.4) is 0 Å². The third-order valence-electron chi connectivity index (χ3n) is 6.26. The van der Waals surface area contributed by atoms with E-state index in [4.69, 9.17) is 4.74 Å². The molecule has 0 fully saturated rings. The first-order valence-electron chi connectivity index (χ1n) is 11.5. The minimum Gasteiger partial charge on any atom is -0.465 e. The molecule has 0 spiro atoms. The summed E-state index contributed by atoms with van der Waals surface area (Å²) in [5.41, 5.74) is 1.45. The van der Waals surface area contributed by atoms with Gasteiger partial charge in [-0.15, -0.1) is 0 Å². The molecule has 194 valence electrons. The second-order valence-electron chi connectivity index (χ2n) is 8.69. The molecule has 1 aliphatic carbocycles. The van der Waals surface area contributed by atoms with Crippen LogP contribution in [0.15, 0.2) is 54.7 Å². The van der Waals surface area contributed by atoms with Gasteiger partial charge in [-0.2, -0.15) is 5.10 Å². The lowest BCUT2D eigenvalue weighted by Gasteiger charge is -2.18. The van der Waals surface area contributed by atoms with Crippen LogP contribution in [-0.2, 0) is 17.7 Å². The van der Waals surface area contributed by atoms with Crippen LogP contribution < -0.4 is 10.6 Å². The number of carbonyl (C=O) groups excluding carboxylic acids is 3. The van der Waals surface area contributed by atoms with Crippen molar-refractivity contribution in [3.63, 3.8) is 0 Å². The maximum atomic E-state index is 14.4. The van der Waals surface area contributed by atoms with Gasteiger partial charge in [0.2, 0.25) is 0 Å². The number of aromatic nitrogens is 3. The van der Waals surface area contributed by atoms with Gasteiger partial charge < -0.3 is 20.5 Å². The standard InChI is InChI=1S/C26H21F2N5O5/c1-38-26(37)14-4-7-17-15(8-14)9-21(34)22(17)32-25(36)20-10-19(31-23-18(28)12-30-33(20)23)24(35)29-11-13-2-5-16(27)6-3-13/h2-8,10,12,21-22,34H,9,11H2,1H3,(H,29,35)(H,32,36)/t21-,22-/m1/s1. The van der Waals surface area contributed by atoms with Crippen molar-refractivity contribution in [2.24, 2.45) is 0 Å². The normalized spacial score (nSPS) is 16.2. The van der Waals surface area contributed by atoms with Gasteiger partial charge in [-0.1, -0.05) is 18.2 Å². The molecular weight excluding hydrogens is 500 g/mol. The fourth-order valence-corrected chi connectivity index (χ4v) is 4.36. The Balaban J connectivity index is 1.41. The fraction of sp³-hybridized carbons (Fsp3) is 0.192. The Morgan fingerprint density at radius 1 is 1.11 bits per heavy atom. The van der Waals surface area contributed by atoms with E-state index in [1.165, 1.54) is 37.4 Å². The number of amides is 2. The molecule has 4 aromatic rings. The van der Waals surface area contributed by atoms with E-state index in [0.29, 0.717) is 22.3 Å². The summed E-state index contributed by atoms with van der Waals surface area (Å²) in [7, 11) is 1.26. The Hall–Kier alpha value is -4.71. The number of ether oxygens (including phenoxy) is 1. The first-order valence-corrected chi connectivity index (χ1v) is 11.5. The number of benzene rings is 2. The van der Waals surface area contributed by atoms with Gasteiger partial charge in [-0.25, -0.2) is 23.1 Å². The van der Waals surface area contributed by atoms with Crippen molar-refractivity contribution < 1.29 is 33.0 Å². The fourth-order valence-electron chi connectivity index (χ4n) is 4.36. The number of aliphatic hydroxyl groups excluding tert-OH is 1. The Kier molecular flexibility index (Phi) is 6.55. The number of hydrogen-bond acceptors (Lipinski definition) is 7. The highest BCUT2D eigenvalue weighted by Gasteiger charge is 2.34. The Morgan fingerprint density at radius 3 is 2.61 bits per heavy atom. The van der Waals surface area contributed by atoms with Gasteiger partial charge in [0.05, 0.1) is 31.0 Å². The van der Waals surface area contributed by atoms with E-state index in [1.807, 2.05) is 0 Å². The minimum atomic E-state index is -0.994. The van der Waals surface area contributed by atoms with Crippen LogP contribution in [0.4, 0.5) is 8.78 Å². The second kappa shape index (κ2) is 9.98. The molecule has 2 aromatic carbocycles. The number of esters is 1. The summed E-state index contributed by atoms with van der Waals surface area (Å²) >= 11 is 0. The number of nitrogens with one attached hydrogen (secondary N) is 2. The average Bonchev–Trinajstić information content (AvgIpc) is 3.45. The first kappa shape index (κ1) is 25.0. The molecule has 0 saturated heterocycles. The number of rotatable bonds is 6. The molecule has 10 nitrogen and oxygen atoms in total. The summed E-state index contributed by atoms with van der Waals surface area (Å²) < 4.78 is 33.2. The van der Waals surface area contributed by atoms with Crippen molar-refractivity contribution >= 4 is 23.4 Å². The lowest BCUT2D eigenvalue weighted by Crippen LogP contribution is -2.35. The highest BCUT2D eigenvalue weighted by Crippen LogP contribution is 2.32. The molecule has 3 N–H and O–H groups in total. The minimum absolute atomic E-state index is 0.0495. The van der Waals surface area contributed by atoms with Crippen molar-refractivity contribution in [3.05, 3.63) is 100 Å². The monoisotopic (exact) mass is 521 g/mol. The van der Waals surface area contributed by atoms with Crippen molar-refractivity contribution in [2.45, 2.75) is 25.1 Å². The summed E-state index contributed by atoms with van der Waals surface area (Å²) in [6.45, 7) is 0.0495. The van der Waals surface area contributed by atoms with Crippen molar-refractivity contribution in [3.8, 4) is 0 Å². The maximum Gasteiger partial charge on any atom is 0.337 e. The topological polar surface area (TPSA) is 135 Å². The zero-order valence-corrected chi connectivity index (χ0v) is 19.9. The molecule has 0 bridgehead atoms. The lowest BCUT2D eigenvalue weighted by molar-refractivity contribution is 0.0600.